The minimum Gasteiger partial charge on any atom is -0.490 e. The summed E-state index contributed by atoms with van der Waals surface area (Å²) in [6.07, 6.45) is 1.45. The van der Waals surface area contributed by atoms with Gasteiger partial charge in [0.1, 0.15) is 17.9 Å². The average molecular weight is 448 g/mol. The van der Waals surface area contributed by atoms with E-state index in [1.165, 1.54) is 18.2 Å². The molecule has 2 aromatic heterocycles. The molecule has 0 bridgehead atoms. The van der Waals surface area contributed by atoms with Crippen molar-refractivity contribution in [2.24, 2.45) is 0 Å². The SMILES string of the molecule is C=CCOC(=O)COc1ccc2c(-c3cc4cccc(OCC)c4oc3=O)cc(=O)oc2c1. The first-order chi connectivity index (χ1) is 16.0. The molecule has 0 saturated heterocycles. The molecule has 0 radical (unpaired) electrons. The lowest BCUT2D eigenvalue weighted by Gasteiger charge is -2.10. The number of para-hydroxylation sites is 1. The summed E-state index contributed by atoms with van der Waals surface area (Å²) in [5.74, 6) is 0.195. The highest BCUT2D eigenvalue weighted by molar-refractivity contribution is 5.96. The average Bonchev–Trinajstić information content (AvgIpc) is 2.81. The number of hydrogen-bond donors (Lipinski definition) is 0. The molecule has 0 atom stereocenters. The Hall–Kier alpha value is -4.33. The molecule has 8 nitrogen and oxygen atoms in total. The molecule has 168 valence electrons. The molecule has 0 aliphatic carbocycles. The van der Waals surface area contributed by atoms with Gasteiger partial charge in [0.2, 0.25) is 0 Å². The van der Waals surface area contributed by atoms with Crippen molar-refractivity contribution in [3.63, 3.8) is 0 Å². The molecule has 8 heteroatoms. The van der Waals surface area contributed by atoms with Gasteiger partial charge in [-0.05, 0) is 31.2 Å². The number of rotatable bonds is 8. The van der Waals surface area contributed by atoms with Crippen molar-refractivity contribution in [1.29, 1.82) is 0 Å². The maximum Gasteiger partial charge on any atom is 0.344 e. The smallest absolute Gasteiger partial charge is 0.344 e. The first-order valence-corrected chi connectivity index (χ1v) is 10.2. The Balaban J connectivity index is 1.75. The van der Waals surface area contributed by atoms with Crippen molar-refractivity contribution in [3.05, 3.63) is 82.0 Å². The molecule has 4 aromatic rings. The molecule has 2 heterocycles. The van der Waals surface area contributed by atoms with Gasteiger partial charge in [0, 0.05) is 28.5 Å². The third-order valence-corrected chi connectivity index (χ3v) is 4.75. The van der Waals surface area contributed by atoms with Crippen LogP contribution in [-0.2, 0) is 9.53 Å². The monoisotopic (exact) mass is 448 g/mol. The minimum absolute atomic E-state index is 0.0819. The normalized spacial score (nSPS) is 10.8. The van der Waals surface area contributed by atoms with E-state index in [-0.39, 0.29) is 24.4 Å². The second kappa shape index (κ2) is 9.44. The van der Waals surface area contributed by atoms with Crippen LogP contribution in [0.2, 0.25) is 0 Å². The fourth-order valence-electron chi connectivity index (χ4n) is 3.37. The predicted molar refractivity (Wildman–Crippen MR) is 122 cm³/mol. The number of fused-ring (bicyclic) bond motifs is 2. The molecule has 0 fully saturated rings. The molecular weight excluding hydrogens is 428 g/mol. The lowest BCUT2D eigenvalue weighted by molar-refractivity contribution is -0.144. The van der Waals surface area contributed by atoms with Crippen molar-refractivity contribution in [2.45, 2.75) is 6.92 Å². The molecule has 0 aliphatic rings. The van der Waals surface area contributed by atoms with Gasteiger partial charge in [0.25, 0.3) is 0 Å². The van der Waals surface area contributed by atoms with Crippen molar-refractivity contribution in [1.82, 2.24) is 0 Å². The van der Waals surface area contributed by atoms with E-state index in [1.807, 2.05) is 6.92 Å². The summed E-state index contributed by atoms with van der Waals surface area (Å²) < 4.78 is 26.6. The van der Waals surface area contributed by atoms with Gasteiger partial charge in [-0.2, -0.15) is 0 Å². The van der Waals surface area contributed by atoms with Crippen LogP contribution in [0.1, 0.15) is 6.92 Å². The van der Waals surface area contributed by atoms with E-state index in [4.69, 9.17) is 23.0 Å². The van der Waals surface area contributed by atoms with Crippen LogP contribution < -0.4 is 20.7 Å². The zero-order chi connectivity index (χ0) is 23.4. The lowest BCUT2D eigenvalue weighted by atomic mass is 10.0. The molecule has 0 unspecified atom stereocenters. The quantitative estimate of drug-likeness (QED) is 0.226. The molecule has 2 aromatic carbocycles. The Morgan fingerprint density at radius 2 is 1.88 bits per heavy atom. The third kappa shape index (κ3) is 4.64. The van der Waals surface area contributed by atoms with Crippen LogP contribution in [-0.4, -0.2) is 25.8 Å². The van der Waals surface area contributed by atoms with E-state index in [0.29, 0.717) is 40.0 Å². The summed E-state index contributed by atoms with van der Waals surface area (Å²) in [6.45, 7) is 5.49. The number of hydrogen-bond acceptors (Lipinski definition) is 8. The number of ether oxygens (including phenoxy) is 3. The molecule has 0 spiro atoms. The molecule has 0 amide bonds. The third-order valence-electron chi connectivity index (χ3n) is 4.75. The van der Waals surface area contributed by atoms with Crippen molar-refractivity contribution in [2.75, 3.05) is 19.8 Å². The zero-order valence-corrected chi connectivity index (χ0v) is 17.8. The van der Waals surface area contributed by atoms with E-state index in [9.17, 15) is 14.4 Å². The standard InChI is InChI=1S/C25H20O8/c1-3-10-30-23(27)14-31-16-8-9-17-18(13-22(26)32-21(17)12-16)19-11-15-6-5-7-20(29-4-2)24(15)33-25(19)28/h3,5-9,11-13H,1,4,10,14H2,2H3. The first kappa shape index (κ1) is 21.9. The summed E-state index contributed by atoms with van der Waals surface area (Å²) in [5.41, 5.74) is -0.183. The fraction of sp³-hybridized carbons (Fsp3) is 0.160. The van der Waals surface area contributed by atoms with E-state index in [0.717, 1.165) is 0 Å². The fourth-order valence-corrected chi connectivity index (χ4v) is 3.37. The van der Waals surface area contributed by atoms with Gasteiger partial charge in [0.05, 0.1) is 12.2 Å². The Labute approximate surface area is 187 Å². The molecule has 4 rings (SSSR count). The number of carbonyl (C=O) groups excluding carboxylic acids is 1. The second-order valence-electron chi connectivity index (χ2n) is 6.95. The summed E-state index contributed by atoms with van der Waals surface area (Å²) in [4.78, 5) is 36.7. The Morgan fingerprint density at radius 1 is 1.03 bits per heavy atom. The van der Waals surface area contributed by atoms with Crippen LogP contribution in [0, 0.1) is 0 Å². The number of benzene rings is 2. The van der Waals surface area contributed by atoms with Crippen LogP contribution in [0.5, 0.6) is 11.5 Å². The van der Waals surface area contributed by atoms with E-state index in [1.54, 1.807) is 36.4 Å². The second-order valence-corrected chi connectivity index (χ2v) is 6.95. The van der Waals surface area contributed by atoms with E-state index < -0.39 is 17.2 Å². The number of carbonyl (C=O) groups is 1. The van der Waals surface area contributed by atoms with Crippen LogP contribution in [0.15, 0.2) is 79.6 Å². The minimum atomic E-state index is -0.650. The van der Waals surface area contributed by atoms with E-state index >= 15 is 0 Å². The van der Waals surface area contributed by atoms with Gasteiger partial charge in [-0.1, -0.05) is 24.8 Å². The topological polar surface area (TPSA) is 105 Å². The molecule has 0 aliphatic heterocycles. The van der Waals surface area contributed by atoms with Crippen molar-refractivity contribution < 1.29 is 27.8 Å². The predicted octanol–water partition coefficient (Wildman–Crippen LogP) is 4.07. The summed E-state index contributed by atoms with van der Waals surface area (Å²) in [7, 11) is 0. The highest BCUT2D eigenvalue weighted by Crippen LogP contribution is 2.31. The first-order valence-electron chi connectivity index (χ1n) is 10.2. The van der Waals surface area contributed by atoms with Crippen LogP contribution >= 0.6 is 0 Å². The maximum atomic E-state index is 12.8. The van der Waals surface area contributed by atoms with Gasteiger partial charge < -0.3 is 23.0 Å². The van der Waals surface area contributed by atoms with E-state index in [2.05, 4.69) is 6.58 Å². The molecule has 0 N–H and O–H groups in total. The van der Waals surface area contributed by atoms with Crippen molar-refractivity contribution in [3.8, 4) is 22.6 Å². The van der Waals surface area contributed by atoms with Gasteiger partial charge >= 0.3 is 17.2 Å². The largest absolute Gasteiger partial charge is 0.490 e. The molecular formula is C25H20O8. The van der Waals surface area contributed by atoms with Crippen LogP contribution in [0.25, 0.3) is 33.1 Å². The Morgan fingerprint density at radius 3 is 2.67 bits per heavy atom. The van der Waals surface area contributed by atoms with Gasteiger partial charge in [-0.25, -0.2) is 14.4 Å². The van der Waals surface area contributed by atoms with Gasteiger partial charge in [-0.15, -0.1) is 0 Å². The Bertz CT molecular complexity index is 1460. The zero-order valence-electron chi connectivity index (χ0n) is 17.8. The van der Waals surface area contributed by atoms with Crippen LogP contribution in [0.4, 0.5) is 0 Å². The highest BCUT2D eigenvalue weighted by atomic mass is 16.6. The highest BCUT2D eigenvalue weighted by Gasteiger charge is 2.16. The van der Waals surface area contributed by atoms with Crippen LogP contribution in [0.3, 0.4) is 0 Å². The Kier molecular flexibility index (Phi) is 6.26. The number of esters is 1. The van der Waals surface area contributed by atoms with Gasteiger partial charge in [0.15, 0.2) is 17.9 Å². The lowest BCUT2D eigenvalue weighted by Crippen LogP contribution is -2.14. The summed E-state index contributed by atoms with van der Waals surface area (Å²) in [5, 5.41) is 1.15. The maximum absolute atomic E-state index is 12.8. The molecule has 0 saturated carbocycles. The summed E-state index contributed by atoms with van der Waals surface area (Å²) >= 11 is 0. The summed E-state index contributed by atoms with van der Waals surface area (Å²) in [6, 6.07) is 12.9. The molecule has 33 heavy (non-hydrogen) atoms. The van der Waals surface area contributed by atoms with Gasteiger partial charge in [-0.3, -0.25) is 0 Å². The van der Waals surface area contributed by atoms with Crippen molar-refractivity contribution >= 4 is 27.9 Å².